The van der Waals surface area contributed by atoms with Crippen LogP contribution in [-0.4, -0.2) is 27.5 Å². The second-order valence-corrected chi connectivity index (χ2v) is 11.8. The summed E-state index contributed by atoms with van der Waals surface area (Å²) in [5.41, 5.74) is 3.34. The van der Waals surface area contributed by atoms with Gasteiger partial charge in [0.15, 0.2) is 11.5 Å². The summed E-state index contributed by atoms with van der Waals surface area (Å²) in [5, 5.41) is 3.45. The van der Waals surface area contributed by atoms with E-state index in [1.807, 2.05) is 32.0 Å². The van der Waals surface area contributed by atoms with E-state index in [2.05, 4.69) is 5.32 Å². The predicted molar refractivity (Wildman–Crippen MR) is 156 cm³/mol. The van der Waals surface area contributed by atoms with Crippen molar-refractivity contribution in [1.82, 2.24) is 5.32 Å². The van der Waals surface area contributed by atoms with E-state index in [0.717, 1.165) is 16.7 Å². The normalized spacial score (nSPS) is 13.4. The zero-order valence-corrected chi connectivity index (χ0v) is 23.7. The highest BCUT2D eigenvalue weighted by Gasteiger charge is 2.27. The van der Waals surface area contributed by atoms with Gasteiger partial charge in [0.05, 0.1) is 23.2 Å². The number of hydrogen-bond acceptors (Lipinski definition) is 5. The molecule has 4 aromatic carbocycles. The van der Waals surface area contributed by atoms with Crippen LogP contribution in [0.15, 0.2) is 95.9 Å². The van der Waals surface area contributed by atoms with E-state index in [4.69, 9.17) is 21.1 Å². The van der Waals surface area contributed by atoms with Gasteiger partial charge >= 0.3 is 0 Å². The third-order valence-electron chi connectivity index (χ3n) is 6.73. The first-order valence-corrected chi connectivity index (χ1v) is 14.7. The Bertz CT molecular complexity index is 1630. The summed E-state index contributed by atoms with van der Waals surface area (Å²) in [4.78, 5) is 13.2. The smallest absolute Gasteiger partial charge is 0.264 e. The van der Waals surface area contributed by atoms with E-state index in [0.29, 0.717) is 41.0 Å². The van der Waals surface area contributed by atoms with Crippen LogP contribution in [-0.2, 0) is 16.6 Å². The molecule has 1 atom stereocenters. The summed E-state index contributed by atoms with van der Waals surface area (Å²) in [7, 11) is -3.90. The Labute approximate surface area is 239 Å². The average Bonchev–Trinajstić information content (AvgIpc) is 2.97. The molecule has 1 aliphatic heterocycles. The van der Waals surface area contributed by atoms with Crippen LogP contribution >= 0.6 is 11.6 Å². The molecule has 0 radical (unpaired) electrons. The van der Waals surface area contributed by atoms with E-state index in [1.54, 1.807) is 72.8 Å². The number of benzene rings is 4. The van der Waals surface area contributed by atoms with Crippen LogP contribution in [0.5, 0.6) is 11.5 Å². The molecule has 206 valence electrons. The number of carbonyl (C=O) groups excluding carboxylic acids is 1. The number of halogens is 1. The number of aryl methyl sites for hydroxylation is 1. The highest BCUT2D eigenvalue weighted by atomic mass is 35.5. The predicted octanol–water partition coefficient (Wildman–Crippen LogP) is 6.31. The fourth-order valence-corrected chi connectivity index (χ4v) is 6.19. The monoisotopic (exact) mass is 576 g/mol. The molecule has 0 unspecified atom stereocenters. The van der Waals surface area contributed by atoms with Gasteiger partial charge in [0, 0.05) is 10.6 Å². The quantitative estimate of drug-likeness (QED) is 0.266. The first-order valence-electron chi connectivity index (χ1n) is 12.9. The third-order valence-corrected chi connectivity index (χ3v) is 8.74. The number of nitrogens with one attached hydrogen (secondary N) is 1. The number of hydrogen-bond donors (Lipinski definition) is 1. The van der Waals surface area contributed by atoms with Crippen molar-refractivity contribution in [2.75, 3.05) is 17.5 Å². The van der Waals surface area contributed by atoms with Gasteiger partial charge in [0.25, 0.3) is 15.9 Å². The summed E-state index contributed by atoms with van der Waals surface area (Å²) < 4.78 is 40.0. The molecule has 0 aliphatic carbocycles. The molecule has 1 amide bonds. The molecule has 9 heteroatoms. The van der Waals surface area contributed by atoms with Crippen molar-refractivity contribution in [1.29, 1.82) is 0 Å². The lowest BCUT2D eigenvalue weighted by molar-refractivity contribution is 0.0939. The van der Waals surface area contributed by atoms with Gasteiger partial charge in [-0.1, -0.05) is 54.1 Å². The Kier molecular flexibility index (Phi) is 8.00. The number of fused-ring (bicyclic) bond motifs is 1. The van der Waals surface area contributed by atoms with Crippen LogP contribution in [0.2, 0.25) is 5.02 Å². The lowest BCUT2D eigenvalue weighted by atomic mass is 10.1. The van der Waals surface area contributed by atoms with Gasteiger partial charge in [-0.15, -0.1) is 0 Å². The van der Waals surface area contributed by atoms with Crippen LogP contribution in [0.1, 0.15) is 40.0 Å². The van der Waals surface area contributed by atoms with Crippen molar-refractivity contribution in [2.24, 2.45) is 0 Å². The number of amides is 1. The maximum atomic E-state index is 13.7. The second kappa shape index (κ2) is 11.6. The summed E-state index contributed by atoms with van der Waals surface area (Å²) >= 11 is 6.26. The van der Waals surface area contributed by atoms with Gasteiger partial charge in [-0.25, -0.2) is 8.42 Å². The minimum atomic E-state index is -3.90. The molecule has 0 saturated carbocycles. The third kappa shape index (κ3) is 5.93. The van der Waals surface area contributed by atoms with Crippen molar-refractivity contribution >= 4 is 33.2 Å². The minimum Gasteiger partial charge on any atom is -0.486 e. The number of rotatable bonds is 8. The Morgan fingerprint density at radius 1 is 0.925 bits per heavy atom. The number of sulfonamides is 1. The molecule has 0 aromatic heterocycles. The number of nitrogens with zero attached hydrogens (tertiary/aromatic N) is 1. The van der Waals surface area contributed by atoms with Crippen LogP contribution in [0.3, 0.4) is 0 Å². The molecule has 1 heterocycles. The maximum absolute atomic E-state index is 13.7. The van der Waals surface area contributed by atoms with Crippen molar-refractivity contribution in [3.63, 3.8) is 0 Å². The second-order valence-electron chi connectivity index (χ2n) is 9.55. The van der Waals surface area contributed by atoms with Gasteiger partial charge in [0.2, 0.25) is 0 Å². The van der Waals surface area contributed by atoms with Gasteiger partial charge in [0.1, 0.15) is 13.2 Å². The lowest BCUT2D eigenvalue weighted by Gasteiger charge is -2.26. The Balaban J connectivity index is 1.35. The molecule has 0 spiro atoms. The summed E-state index contributed by atoms with van der Waals surface area (Å²) in [6.45, 7) is 4.81. The van der Waals surface area contributed by atoms with Crippen molar-refractivity contribution in [2.45, 2.75) is 31.3 Å². The fraction of sp³-hybridized carbons (Fsp3) is 0.194. The number of anilines is 1. The number of carbonyl (C=O) groups is 1. The molecule has 1 aliphatic rings. The summed E-state index contributed by atoms with van der Waals surface area (Å²) in [6.07, 6.45) is 0. The minimum absolute atomic E-state index is 0.0634. The molecule has 1 N–H and O–H groups in total. The van der Waals surface area contributed by atoms with Gasteiger partial charge in [-0.05, 0) is 79.1 Å². The van der Waals surface area contributed by atoms with E-state index in [9.17, 15) is 13.2 Å². The standard InChI is InChI=1S/C31H29ClN2O5S/c1-21-8-14-26(32)19-28(21)34(40(36,37)27-6-4-3-5-7-27)20-23-9-11-24(12-10-23)31(35)33-22(2)25-13-15-29-30(18-25)39-17-16-38-29/h3-15,18-19,22H,16-17,20H2,1-2H3,(H,33,35)/t22-/m1/s1. The molecular weight excluding hydrogens is 548 g/mol. The van der Waals surface area contributed by atoms with Gasteiger partial charge < -0.3 is 14.8 Å². The molecular formula is C31H29ClN2O5S. The fourth-order valence-electron chi connectivity index (χ4n) is 4.49. The van der Waals surface area contributed by atoms with E-state index in [1.165, 1.54) is 4.31 Å². The van der Waals surface area contributed by atoms with E-state index >= 15 is 0 Å². The molecule has 7 nitrogen and oxygen atoms in total. The van der Waals surface area contributed by atoms with Crippen molar-refractivity contribution in [3.8, 4) is 11.5 Å². The Morgan fingerprint density at radius 3 is 2.35 bits per heavy atom. The van der Waals surface area contributed by atoms with Gasteiger partial charge in [-0.2, -0.15) is 0 Å². The highest BCUT2D eigenvalue weighted by molar-refractivity contribution is 7.92. The Hall–Kier alpha value is -4.01. The number of ether oxygens (including phenoxy) is 2. The van der Waals surface area contributed by atoms with Gasteiger partial charge in [-0.3, -0.25) is 9.10 Å². The highest BCUT2D eigenvalue weighted by Crippen LogP contribution is 2.33. The zero-order chi connectivity index (χ0) is 28.3. The molecule has 0 fully saturated rings. The summed E-state index contributed by atoms with van der Waals surface area (Å²) in [6, 6.07) is 25.7. The molecule has 5 rings (SSSR count). The maximum Gasteiger partial charge on any atom is 0.264 e. The van der Waals surface area contributed by atoms with Crippen LogP contribution in [0, 0.1) is 6.92 Å². The largest absolute Gasteiger partial charge is 0.486 e. The first kappa shape index (κ1) is 27.6. The molecule has 4 aromatic rings. The van der Waals surface area contributed by atoms with Crippen molar-refractivity contribution in [3.05, 3.63) is 118 Å². The average molecular weight is 577 g/mol. The van der Waals surface area contributed by atoms with Crippen molar-refractivity contribution < 1.29 is 22.7 Å². The SMILES string of the molecule is Cc1ccc(Cl)cc1N(Cc1ccc(C(=O)N[C@H](C)c2ccc3c(c2)OCCO3)cc1)S(=O)(=O)c1ccccc1. The summed E-state index contributed by atoms with van der Waals surface area (Å²) in [5.74, 6) is 1.12. The lowest BCUT2D eigenvalue weighted by Crippen LogP contribution is -2.31. The van der Waals surface area contributed by atoms with Crippen LogP contribution < -0.4 is 19.1 Å². The van der Waals surface area contributed by atoms with E-state index < -0.39 is 10.0 Å². The van der Waals surface area contributed by atoms with Crippen LogP contribution in [0.25, 0.3) is 0 Å². The molecule has 40 heavy (non-hydrogen) atoms. The van der Waals surface area contributed by atoms with Crippen LogP contribution in [0.4, 0.5) is 5.69 Å². The molecule has 0 bridgehead atoms. The van der Waals surface area contributed by atoms with E-state index in [-0.39, 0.29) is 23.4 Å². The zero-order valence-electron chi connectivity index (χ0n) is 22.1. The first-order chi connectivity index (χ1) is 19.2. The Morgan fingerprint density at radius 2 is 1.62 bits per heavy atom. The molecule has 0 saturated heterocycles. The topological polar surface area (TPSA) is 84.9 Å².